The molecule has 10 heteroatoms. The van der Waals surface area contributed by atoms with Crippen LogP contribution in [0.1, 0.15) is 52.9 Å². The second-order valence-corrected chi connectivity index (χ2v) is 9.07. The van der Waals surface area contributed by atoms with Crippen LogP contribution in [0.2, 0.25) is 0 Å². The number of nitrogens with one attached hydrogen (secondary N) is 2. The third-order valence-corrected chi connectivity index (χ3v) is 6.42. The molecule has 0 aliphatic heterocycles. The molecule has 0 saturated carbocycles. The lowest BCUT2D eigenvalue weighted by molar-refractivity contribution is -0.137. The normalized spacial score (nSPS) is 11.9. The SMILES string of the molecule is CNC(=O)c1ccc2c(C)cn(C(C)C(=O)Nc3cc(Cn4cnnc4)ccc3CCCC(=O)O)c2c1. The zero-order valence-corrected chi connectivity index (χ0v) is 21.1. The number of rotatable bonds is 10. The number of nitrogens with zero attached hydrogens (tertiary/aromatic N) is 4. The molecule has 0 fully saturated rings. The molecule has 4 aromatic rings. The van der Waals surface area contributed by atoms with Crippen molar-refractivity contribution in [3.8, 4) is 0 Å². The van der Waals surface area contributed by atoms with Crippen LogP contribution in [0.4, 0.5) is 5.69 Å². The maximum atomic E-state index is 13.5. The number of carboxylic acid groups (broad SMARTS) is 1. The van der Waals surface area contributed by atoms with Gasteiger partial charge in [0, 0.05) is 41.8 Å². The van der Waals surface area contributed by atoms with Crippen molar-refractivity contribution in [2.45, 2.75) is 45.7 Å². The van der Waals surface area contributed by atoms with E-state index in [9.17, 15) is 14.4 Å². The molecule has 0 aliphatic rings. The highest BCUT2D eigenvalue weighted by Crippen LogP contribution is 2.27. The molecule has 2 amide bonds. The molecule has 0 bridgehead atoms. The zero-order chi connectivity index (χ0) is 26.5. The molecule has 192 valence electrons. The van der Waals surface area contributed by atoms with Gasteiger partial charge in [0.05, 0.1) is 6.54 Å². The maximum absolute atomic E-state index is 13.5. The lowest BCUT2D eigenvalue weighted by Gasteiger charge is -2.18. The minimum atomic E-state index is -0.852. The van der Waals surface area contributed by atoms with Crippen LogP contribution in [0.3, 0.4) is 0 Å². The fourth-order valence-corrected chi connectivity index (χ4v) is 4.40. The summed E-state index contributed by atoms with van der Waals surface area (Å²) >= 11 is 0. The molecule has 0 aliphatic carbocycles. The first kappa shape index (κ1) is 25.6. The Balaban J connectivity index is 1.62. The second-order valence-electron chi connectivity index (χ2n) is 9.07. The standard InChI is InChI=1S/C27H30N6O4/c1-17-13-33(24-12-21(27(37)28-3)9-10-22(17)24)18(2)26(36)31-23-11-19(14-32-15-29-30-16-32)7-8-20(23)5-4-6-25(34)35/h7-13,15-16,18H,4-6,14H2,1-3H3,(H,28,37)(H,31,36)(H,34,35). The topological polar surface area (TPSA) is 131 Å². The number of aromatic nitrogens is 4. The van der Waals surface area contributed by atoms with Crippen LogP contribution in [0.15, 0.2) is 55.2 Å². The molecule has 10 nitrogen and oxygen atoms in total. The Morgan fingerprint density at radius 2 is 1.84 bits per heavy atom. The molecule has 0 radical (unpaired) electrons. The molecule has 2 heterocycles. The number of hydrogen-bond donors (Lipinski definition) is 3. The first-order valence-corrected chi connectivity index (χ1v) is 12.1. The third kappa shape index (κ3) is 5.85. The van der Waals surface area contributed by atoms with E-state index in [2.05, 4.69) is 20.8 Å². The summed E-state index contributed by atoms with van der Waals surface area (Å²) in [6, 6.07) is 10.7. The maximum Gasteiger partial charge on any atom is 0.303 e. The Morgan fingerprint density at radius 1 is 1.08 bits per heavy atom. The van der Waals surface area contributed by atoms with Crippen LogP contribution in [-0.4, -0.2) is 49.3 Å². The molecule has 1 atom stereocenters. The van der Waals surface area contributed by atoms with Crippen molar-refractivity contribution in [3.63, 3.8) is 0 Å². The zero-order valence-electron chi connectivity index (χ0n) is 21.1. The van der Waals surface area contributed by atoms with E-state index in [0.29, 0.717) is 30.6 Å². The van der Waals surface area contributed by atoms with Gasteiger partial charge in [0.2, 0.25) is 5.91 Å². The van der Waals surface area contributed by atoms with Gasteiger partial charge in [-0.05, 0) is 61.6 Å². The molecule has 2 aromatic carbocycles. The first-order valence-electron chi connectivity index (χ1n) is 12.1. The summed E-state index contributed by atoms with van der Waals surface area (Å²) < 4.78 is 3.70. The summed E-state index contributed by atoms with van der Waals surface area (Å²) in [5.41, 5.74) is 4.77. The highest BCUT2D eigenvalue weighted by Gasteiger charge is 2.20. The molecule has 2 aromatic heterocycles. The number of anilines is 1. The molecule has 3 N–H and O–H groups in total. The van der Waals surface area contributed by atoms with Crippen molar-refractivity contribution in [3.05, 3.63) is 77.5 Å². The Kier molecular flexibility index (Phi) is 7.66. The minimum absolute atomic E-state index is 0.0501. The molecular weight excluding hydrogens is 472 g/mol. The largest absolute Gasteiger partial charge is 0.481 e. The number of carbonyl (C=O) groups excluding carboxylic acids is 2. The van der Waals surface area contributed by atoms with Crippen LogP contribution in [-0.2, 0) is 22.6 Å². The Labute approximate surface area is 214 Å². The average Bonchev–Trinajstić information content (AvgIpc) is 3.51. The van der Waals surface area contributed by atoms with Crippen molar-refractivity contribution in [2.75, 3.05) is 12.4 Å². The van der Waals surface area contributed by atoms with Gasteiger partial charge in [0.25, 0.3) is 5.91 Å². The summed E-state index contributed by atoms with van der Waals surface area (Å²) in [5.74, 6) is -1.27. The van der Waals surface area contributed by atoms with E-state index in [1.165, 1.54) is 0 Å². The van der Waals surface area contributed by atoms with Gasteiger partial charge in [-0.3, -0.25) is 14.4 Å². The van der Waals surface area contributed by atoms with E-state index in [0.717, 1.165) is 27.6 Å². The fraction of sp³-hybridized carbons (Fsp3) is 0.296. The number of carboxylic acids is 1. The molecular formula is C27H30N6O4. The number of aryl methyl sites for hydroxylation is 2. The molecule has 37 heavy (non-hydrogen) atoms. The number of hydrogen-bond acceptors (Lipinski definition) is 5. The van der Waals surface area contributed by atoms with E-state index in [1.54, 1.807) is 31.8 Å². The van der Waals surface area contributed by atoms with Gasteiger partial charge in [-0.1, -0.05) is 18.2 Å². The summed E-state index contributed by atoms with van der Waals surface area (Å²) in [7, 11) is 1.58. The van der Waals surface area contributed by atoms with Crippen LogP contribution >= 0.6 is 0 Å². The van der Waals surface area contributed by atoms with Gasteiger partial charge in [-0.15, -0.1) is 10.2 Å². The predicted molar refractivity (Wildman–Crippen MR) is 140 cm³/mol. The fourth-order valence-electron chi connectivity index (χ4n) is 4.40. The van der Waals surface area contributed by atoms with Gasteiger partial charge in [0.1, 0.15) is 18.7 Å². The van der Waals surface area contributed by atoms with E-state index in [4.69, 9.17) is 5.11 Å². The van der Waals surface area contributed by atoms with Crippen LogP contribution < -0.4 is 10.6 Å². The average molecular weight is 503 g/mol. The number of carbonyl (C=O) groups is 3. The Morgan fingerprint density at radius 3 is 2.54 bits per heavy atom. The minimum Gasteiger partial charge on any atom is -0.481 e. The van der Waals surface area contributed by atoms with E-state index < -0.39 is 12.0 Å². The number of amides is 2. The van der Waals surface area contributed by atoms with Crippen molar-refractivity contribution >= 4 is 34.4 Å². The molecule has 1 unspecified atom stereocenters. The van der Waals surface area contributed by atoms with Crippen LogP contribution in [0.25, 0.3) is 10.9 Å². The van der Waals surface area contributed by atoms with Crippen molar-refractivity contribution in [1.82, 2.24) is 24.6 Å². The summed E-state index contributed by atoms with van der Waals surface area (Å²) in [6.07, 6.45) is 6.18. The lowest BCUT2D eigenvalue weighted by Crippen LogP contribution is -2.24. The van der Waals surface area contributed by atoms with Gasteiger partial charge in [0.15, 0.2) is 0 Å². The second kappa shape index (κ2) is 11.1. The highest BCUT2D eigenvalue weighted by atomic mass is 16.4. The summed E-state index contributed by atoms with van der Waals surface area (Å²) in [4.78, 5) is 36.7. The van der Waals surface area contributed by atoms with Gasteiger partial charge in [-0.25, -0.2) is 0 Å². The van der Waals surface area contributed by atoms with Gasteiger partial charge >= 0.3 is 5.97 Å². The van der Waals surface area contributed by atoms with Crippen LogP contribution in [0.5, 0.6) is 0 Å². The highest BCUT2D eigenvalue weighted by molar-refractivity contribution is 6.00. The molecule has 4 rings (SSSR count). The molecule has 0 spiro atoms. The summed E-state index contributed by atoms with van der Waals surface area (Å²) in [6.45, 7) is 4.31. The first-order chi connectivity index (χ1) is 17.8. The molecule has 0 saturated heterocycles. The number of aliphatic carboxylic acids is 1. The smallest absolute Gasteiger partial charge is 0.303 e. The van der Waals surface area contributed by atoms with Crippen molar-refractivity contribution < 1.29 is 19.5 Å². The third-order valence-electron chi connectivity index (χ3n) is 6.42. The van der Waals surface area contributed by atoms with Crippen molar-refractivity contribution in [2.24, 2.45) is 0 Å². The number of benzene rings is 2. The predicted octanol–water partition coefficient (Wildman–Crippen LogP) is 3.56. The quantitative estimate of drug-likeness (QED) is 0.304. The monoisotopic (exact) mass is 502 g/mol. The van der Waals surface area contributed by atoms with Crippen molar-refractivity contribution in [1.29, 1.82) is 0 Å². The van der Waals surface area contributed by atoms with E-state index in [1.807, 2.05) is 53.4 Å². The number of fused-ring (bicyclic) bond motifs is 1. The van der Waals surface area contributed by atoms with Gasteiger partial charge in [-0.2, -0.15) is 0 Å². The van der Waals surface area contributed by atoms with Gasteiger partial charge < -0.3 is 24.9 Å². The van der Waals surface area contributed by atoms with Crippen LogP contribution in [0, 0.1) is 6.92 Å². The Bertz CT molecular complexity index is 1440. The summed E-state index contributed by atoms with van der Waals surface area (Å²) in [5, 5.41) is 23.4. The van der Waals surface area contributed by atoms with E-state index >= 15 is 0 Å². The van der Waals surface area contributed by atoms with E-state index in [-0.39, 0.29) is 18.2 Å². The lowest BCUT2D eigenvalue weighted by atomic mass is 10.0. The Hall–Kier alpha value is -4.47.